The topological polar surface area (TPSA) is 185 Å². The molecule has 0 aliphatic rings. The number of nitrogens with one attached hydrogen (secondary N) is 3. The lowest BCUT2D eigenvalue weighted by Crippen LogP contribution is -2.20. The number of halogens is 1. The van der Waals surface area contributed by atoms with Crippen LogP contribution in [0.5, 0.6) is 0 Å². The highest BCUT2D eigenvalue weighted by Gasteiger charge is 2.22. The molecular formula is C32H24FN9O3S. The molecule has 1 amide bonds. The van der Waals surface area contributed by atoms with Gasteiger partial charge in [0.2, 0.25) is 0 Å². The number of pyridine rings is 3. The van der Waals surface area contributed by atoms with Gasteiger partial charge in [0.15, 0.2) is 21.4 Å². The van der Waals surface area contributed by atoms with Gasteiger partial charge >= 0.3 is 0 Å². The second-order valence-electron chi connectivity index (χ2n) is 10.6. The van der Waals surface area contributed by atoms with Gasteiger partial charge in [-0.2, -0.15) is 5.10 Å². The molecule has 7 aromatic rings. The number of hydrogen-bond acceptors (Lipinski definition) is 9. The smallest absolute Gasteiger partial charge is 0.255 e. The Morgan fingerprint density at radius 1 is 0.891 bits per heavy atom. The second-order valence-corrected chi connectivity index (χ2v) is 12.8. The molecule has 7 rings (SSSR count). The van der Waals surface area contributed by atoms with Gasteiger partial charge in [0.25, 0.3) is 5.91 Å². The van der Waals surface area contributed by atoms with Gasteiger partial charge in [-0.3, -0.25) is 19.9 Å². The SMILES string of the molecule is CS(=O)(=O)C(N)c1cc(F)cc(-c2cncc3[nH]c(-c4n[nH]c5ccc(-c6cncc(NC(=O)c7ccccc7)c6)nc45)nc23)c1. The van der Waals surface area contributed by atoms with E-state index in [1.165, 1.54) is 18.3 Å². The van der Waals surface area contributed by atoms with Crippen molar-refractivity contribution in [3.63, 3.8) is 0 Å². The summed E-state index contributed by atoms with van der Waals surface area (Å²) in [5.41, 5.74) is 11.8. The zero-order valence-electron chi connectivity index (χ0n) is 24.1. The van der Waals surface area contributed by atoms with Crippen molar-refractivity contribution in [1.82, 2.24) is 35.1 Å². The van der Waals surface area contributed by atoms with Crippen LogP contribution in [0.2, 0.25) is 0 Å². The first kappa shape index (κ1) is 28.9. The van der Waals surface area contributed by atoms with E-state index in [-0.39, 0.29) is 11.5 Å². The normalized spacial score (nSPS) is 12.4. The highest BCUT2D eigenvalue weighted by molar-refractivity contribution is 7.90. The third-order valence-electron chi connectivity index (χ3n) is 7.37. The Morgan fingerprint density at radius 3 is 2.50 bits per heavy atom. The quantitative estimate of drug-likeness (QED) is 0.187. The fraction of sp³-hybridized carbons (Fsp3) is 0.0625. The first-order chi connectivity index (χ1) is 22.1. The van der Waals surface area contributed by atoms with Crippen LogP contribution in [0, 0.1) is 5.82 Å². The van der Waals surface area contributed by atoms with Gasteiger partial charge in [-0.1, -0.05) is 18.2 Å². The van der Waals surface area contributed by atoms with Crippen LogP contribution in [-0.4, -0.2) is 55.7 Å². The van der Waals surface area contributed by atoms with Crippen LogP contribution in [0.15, 0.2) is 91.5 Å². The summed E-state index contributed by atoms with van der Waals surface area (Å²) in [6.45, 7) is 0. The van der Waals surface area contributed by atoms with Crippen molar-refractivity contribution in [2.45, 2.75) is 5.37 Å². The predicted molar refractivity (Wildman–Crippen MR) is 172 cm³/mol. The van der Waals surface area contributed by atoms with E-state index in [0.717, 1.165) is 12.3 Å². The molecule has 0 aliphatic heterocycles. The Bertz CT molecular complexity index is 2390. The monoisotopic (exact) mass is 633 g/mol. The number of imidazole rings is 1. The minimum atomic E-state index is -3.67. The Kier molecular flexibility index (Phi) is 7.06. The predicted octanol–water partition coefficient (Wildman–Crippen LogP) is 5.02. The van der Waals surface area contributed by atoms with Gasteiger partial charge in [0.1, 0.15) is 16.7 Å². The van der Waals surface area contributed by atoms with Gasteiger partial charge in [0, 0.05) is 35.3 Å². The number of benzene rings is 2. The third-order valence-corrected chi connectivity index (χ3v) is 8.57. The molecule has 0 saturated carbocycles. The highest BCUT2D eigenvalue weighted by atomic mass is 32.2. The van der Waals surface area contributed by atoms with Gasteiger partial charge < -0.3 is 16.0 Å². The molecule has 0 radical (unpaired) electrons. The number of aromatic amines is 2. The maximum absolute atomic E-state index is 14.7. The third kappa shape index (κ3) is 5.46. The van der Waals surface area contributed by atoms with Crippen LogP contribution in [0.25, 0.3) is 56.0 Å². The molecule has 2 aromatic carbocycles. The lowest BCUT2D eigenvalue weighted by Gasteiger charge is -2.12. The fourth-order valence-electron chi connectivity index (χ4n) is 5.10. The van der Waals surface area contributed by atoms with Crippen LogP contribution in [0.3, 0.4) is 0 Å². The molecule has 46 heavy (non-hydrogen) atoms. The molecular weight excluding hydrogens is 609 g/mol. The van der Waals surface area contributed by atoms with E-state index >= 15 is 0 Å². The number of hydrogen-bond donors (Lipinski definition) is 4. The second kappa shape index (κ2) is 11.3. The number of H-pyrrole nitrogens is 2. The van der Waals surface area contributed by atoms with Crippen molar-refractivity contribution in [3.05, 3.63) is 108 Å². The minimum Gasteiger partial charge on any atom is -0.335 e. The van der Waals surface area contributed by atoms with Crippen molar-refractivity contribution in [2.75, 3.05) is 11.6 Å². The van der Waals surface area contributed by atoms with E-state index < -0.39 is 21.0 Å². The number of rotatable bonds is 7. The van der Waals surface area contributed by atoms with E-state index in [4.69, 9.17) is 15.7 Å². The number of anilines is 1. The Morgan fingerprint density at radius 2 is 1.70 bits per heavy atom. The van der Waals surface area contributed by atoms with Crippen molar-refractivity contribution in [2.24, 2.45) is 5.73 Å². The largest absolute Gasteiger partial charge is 0.335 e. The average molecular weight is 634 g/mol. The fourth-order valence-corrected chi connectivity index (χ4v) is 5.73. The van der Waals surface area contributed by atoms with E-state index in [9.17, 15) is 17.6 Å². The number of amides is 1. The number of aromatic nitrogens is 7. The molecule has 1 atom stereocenters. The van der Waals surface area contributed by atoms with Crippen molar-refractivity contribution >= 4 is 43.5 Å². The number of fused-ring (bicyclic) bond motifs is 2. The summed E-state index contributed by atoms with van der Waals surface area (Å²) >= 11 is 0. The average Bonchev–Trinajstić information content (AvgIpc) is 3.68. The maximum atomic E-state index is 14.7. The molecule has 0 bridgehead atoms. The molecule has 12 nitrogen and oxygen atoms in total. The molecule has 0 fully saturated rings. The number of carbonyl (C=O) groups excluding carboxylic acids is 1. The lowest BCUT2D eigenvalue weighted by molar-refractivity contribution is 0.102. The Labute approximate surface area is 260 Å². The zero-order chi connectivity index (χ0) is 32.0. The number of nitrogens with two attached hydrogens (primary N) is 1. The summed E-state index contributed by atoms with van der Waals surface area (Å²) in [6.07, 6.45) is 7.30. The van der Waals surface area contributed by atoms with Crippen molar-refractivity contribution < 1.29 is 17.6 Å². The highest BCUT2D eigenvalue weighted by Crippen LogP contribution is 2.33. The molecule has 5 heterocycles. The van der Waals surface area contributed by atoms with Gasteiger partial charge in [-0.05, 0) is 59.7 Å². The van der Waals surface area contributed by atoms with E-state index in [1.807, 2.05) is 18.2 Å². The van der Waals surface area contributed by atoms with Crippen LogP contribution in [0.1, 0.15) is 21.3 Å². The maximum Gasteiger partial charge on any atom is 0.255 e. The first-order valence-electron chi connectivity index (χ1n) is 13.9. The van der Waals surface area contributed by atoms with E-state index in [0.29, 0.717) is 67.2 Å². The molecule has 5 aromatic heterocycles. The number of sulfone groups is 1. The summed E-state index contributed by atoms with van der Waals surface area (Å²) in [5.74, 6) is -0.522. The molecule has 228 valence electrons. The van der Waals surface area contributed by atoms with Crippen LogP contribution in [0.4, 0.5) is 10.1 Å². The van der Waals surface area contributed by atoms with Crippen molar-refractivity contribution in [1.29, 1.82) is 0 Å². The molecule has 5 N–H and O–H groups in total. The summed E-state index contributed by atoms with van der Waals surface area (Å²) in [5, 5.41) is 8.89. The molecule has 1 unspecified atom stereocenters. The lowest BCUT2D eigenvalue weighted by atomic mass is 10.0. The van der Waals surface area contributed by atoms with Gasteiger partial charge in [0.05, 0.1) is 40.3 Å². The summed E-state index contributed by atoms with van der Waals surface area (Å²) in [4.78, 5) is 34.0. The molecule has 0 spiro atoms. The Balaban J connectivity index is 1.25. The number of nitrogens with zero attached hydrogens (tertiary/aromatic N) is 5. The van der Waals surface area contributed by atoms with Gasteiger partial charge in [-0.15, -0.1) is 0 Å². The van der Waals surface area contributed by atoms with Crippen LogP contribution >= 0.6 is 0 Å². The van der Waals surface area contributed by atoms with Crippen LogP contribution < -0.4 is 11.1 Å². The first-order valence-corrected chi connectivity index (χ1v) is 15.9. The number of carbonyl (C=O) groups is 1. The van der Waals surface area contributed by atoms with E-state index in [2.05, 4.69) is 30.5 Å². The van der Waals surface area contributed by atoms with E-state index in [1.54, 1.807) is 48.9 Å². The Hall–Kier alpha value is -5.86. The molecule has 0 aliphatic carbocycles. The molecule has 14 heteroatoms. The summed E-state index contributed by atoms with van der Waals surface area (Å²) in [7, 11) is -3.67. The zero-order valence-corrected chi connectivity index (χ0v) is 24.9. The molecule has 0 saturated heterocycles. The van der Waals surface area contributed by atoms with Crippen LogP contribution in [-0.2, 0) is 9.84 Å². The summed E-state index contributed by atoms with van der Waals surface area (Å²) in [6, 6.07) is 18.2. The van der Waals surface area contributed by atoms with Gasteiger partial charge in [-0.25, -0.2) is 22.8 Å². The summed E-state index contributed by atoms with van der Waals surface area (Å²) < 4.78 is 38.8. The standard InChI is InChI=1S/C32H24FN9O3S/c1-46(44,45)30(34)19-9-18(10-21(33)11-19)23-15-36-16-26-27(23)40-31(39-26)29-28-25(41-42-29)8-7-24(38-28)20-12-22(14-35-13-20)37-32(43)17-5-3-2-4-6-17/h2-16,30H,34H2,1H3,(H,37,43)(H,39,40)(H,41,42). The minimum absolute atomic E-state index is 0.110. The van der Waals surface area contributed by atoms with Crippen molar-refractivity contribution in [3.8, 4) is 33.9 Å².